The molecule has 0 N–H and O–H groups in total. The molecule has 0 unspecified atom stereocenters. The van der Waals surface area contributed by atoms with Gasteiger partial charge in [0, 0.05) is 7.05 Å². The molecule has 0 radical (unpaired) electrons. The van der Waals surface area contributed by atoms with Crippen molar-refractivity contribution in [2.24, 2.45) is 7.05 Å². The standard InChI is InChI=1S/C16H12ClF3N2OS/c1-21-11-4-2-3-5-12(11)22(15(23)9-17)13-8-10(16(18,19)20)6-7-14(13)24-21/h2-8H,9H2,1H3. The Morgan fingerprint density at radius 3 is 2.42 bits per heavy atom. The van der Waals surface area contributed by atoms with Gasteiger partial charge in [0.1, 0.15) is 5.88 Å². The SMILES string of the molecule is Cn1sc2ccc(C(F)(F)F)cc2n(C(=O)CCl)c2ccccc21. The van der Waals surface area contributed by atoms with Crippen LogP contribution in [-0.2, 0) is 13.2 Å². The van der Waals surface area contributed by atoms with Gasteiger partial charge in [-0.25, -0.2) is 0 Å². The van der Waals surface area contributed by atoms with E-state index in [1.165, 1.54) is 22.2 Å². The fourth-order valence-corrected chi connectivity index (χ4v) is 3.56. The maximum atomic E-state index is 13.1. The molecule has 0 saturated heterocycles. The number of aromatic nitrogens is 2. The van der Waals surface area contributed by atoms with Gasteiger partial charge in [0.2, 0.25) is 5.91 Å². The van der Waals surface area contributed by atoms with Gasteiger partial charge in [-0.05, 0) is 30.3 Å². The second-order valence-electron chi connectivity index (χ2n) is 5.12. The lowest BCUT2D eigenvalue weighted by atomic mass is 10.2. The average molecular weight is 373 g/mol. The summed E-state index contributed by atoms with van der Waals surface area (Å²) < 4.78 is 42.9. The van der Waals surface area contributed by atoms with E-state index in [-0.39, 0.29) is 11.4 Å². The smallest absolute Gasteiger partial charge is 0.298 e. The van der Waals surface area contributed by atoms with E-state index in [2.05, 4.69) is 0 Å². The van der Waals surface area contributed by atoms with Crippen LogP contribution in [-0.4, -0.2) is 20.3 Å². The number of aryl methyl sites for hydroxylation is 1. The Balaban J connectivity index is 2.58. The third-order valence-corrected chi connectivity index (χ3v) is 4.83. The van der Waals surface area contributed by atoms with Gasteiger partial charge in [-0.2, -0.15) is 13.2 Å². The lowest BCUT2D eigenvalue weighted by Gasteiger charge is -2.10. The van der Waals surface area contributed by atoms with Crippen LogP contribution in [0.1, 0.15) is 10.4 Å². The molecule has 0 aliphatic rings. The van der Waals surface area contributed by atoms with Crippen molar-refractivity contribution in [2.75, 3.05) is 5.88 Å². The number of alkyl halides is 4. The number of benzene rings is 2. The first-order chi connectivity index (χ1) is 11.3. The molecule has 3 rings (SSSR count). The molecule has 0 fully saturated rings. The molecule has 0 atom stereocenters. The summed E-state index contributed by atoms with van der Waals surface area (Å²) in [5.41, 5.74) is 0.579. The Morgan fingerprint density at radius 2 is 1.79 bits per heavy atom. The second-order valence-corrected chi connectivity index (χ2v) is 6.56. The van der Waals surface area contributed by atoms with Gasteiger partial charge >= 0.3 is 6.18 Å². The summed E-state index contributed by atoms with van der Waals surface area (Å²) in [7, 11) is 1.79. The van der Waals surface area contributed by atoms with Gasteiger partial charge in [0.15, 0.2) is 0 Å². The van der Waals surface area contributed by atoms with Crippen LogP contribution in [0.25, 0.3) is 21.3 Å². The average Bonchev–Trinajstić information content (AvgIpc) is 2.67. The van der Waals surface area contributed by atoms with E-state index >= 15 is 0 Å². The molecule has 24 heavy (non-hydrogen) atoms. The van der Waals surface area contributed by atoms with Crippen molar-refractivity contribution in [3.8, 4) is 0 Å². The van der Waals surface area contributed by atoms with Crippen LogP contribution < -0.4 is 0 Å². The summed E-state index contributed by atoms with van der Waals surface area (Å²) in [6.45, 7) is 0. The van der Waals surface area contributed by atoms with Gasteiger partial charge in [0.25, 0.3) is 0 Å². The summed E-state index contributed by atoms with van der Waals surface area (Å²) in [5.74, 6) is -0.820. The van der Waals surface area contributed by atoms with Crippen LogP contribution >= 0.6 is 23.1 Å². The molecule has 2 aromatic carbocycles. The second kappa shape index (κ2) is 6.14. The van der Waals surface area contributed by atoms with Crippen molar-refractivity contribution in [1.82, 2.24) is 8.52 Å². The first kappa shape index (κ1) is 16.9. The number of carbonyl (C=O) groups is 1. The van der Waals surface area contributed by atoms with Crippen LogP contribution in [0.3, 0.4) is 0 Å². The molecule has 0 aliphatic carbocycles. The third-order valence-electron chi connectivity index (χ3n) is 3.59. The van der Waals surface area contributed by atoms with E-state index in [4.69, 9.17) is 11.6 Å². The van der Waals surface area contributed by atoms with Crippen LogP contribution in [0, 0.1) is 0 Å². The Kier molecular flexibility index (Phi) is 4.31. The van der Waals surface area contributed by atoms with Crippen molar-refractivity contribution < 1.29 is 18.0 Å². The molecule has 8 heteroatoms. The zero-order chi connectivity index (χ0) is 17.5. The van der Waals surface area contributed by atoms with Crippen LogP contribution in [0.2, 0.25) is 0 Å². The summed E-state index contributed by atoms with van der Waals surface area (Å²) in [5, 5.41) is 0. The van der Waals surface area contributed by atoms with E-state index in [0.29, 0.717) is 15.7 Å². The molecule has 126 valence electrons. The van der Waals surface area contributed by atoms with Gasteiger partial charge in [0.05, 0.1) is 26.8 Å². The predicted molar refractivity (Wildman–Crippen MR) is 90.3 cm³/mol. The molecule has 1 heterocycles. The predicted octanol–water partition coefficient (Wildman–Crippen LogP) is 5.22. The fraction of sp³-hybridized carbons (Fsp3) is 0.188. The fourth-order valence-electron chi connectivity index (χ4n) is 2.52. The van der Waals surface area contributed by atoms with Gasteiger partial charge < -0.3 is 0 Å². The van der Waals surface area contributed by atoms with Crippen molar-refractivity contribution in [2.45, 2.75) is 6.18 Å². The molecule has 3 aromatic rings. The lowest BCUT2D eigenvalue weighted by molar-refractivity contribution is -0.137. The number of halogens is 4. The molecule has 0 saturated carbocycles. The Labute approximate surface area is 144 Å². The maximum Gasteiger partial charge on any atom is 0.416 e. The Hall–Kier alpha value is -1.99. The zero-order valence-electron chi connectivity index (χ0n) is 12.5. The topological polar surface area (TPSA) is 26.9 Å². The molecular formula is C16H12ClF3N2OS. The first-order valence-corrected chi connectivity index (χ1v) is 8.24. The van der Waals surface area contributed by atoms with Crippen molar-refractivity contribution >= 4 is 50.3 Å². The highest BCUT2D eigenvalue weighted by molar-refractivity contribution is 7.13. The first-order valence-electron chi connectivity index (χ1n) is 6.94. The number of fused-ring (bicyclic) bond motifs is 2. The number of rotatable bonds is 1. The van der Waals surface area contributed by atoms with Crippen LogP contribution in [0.4, 0.5) is 13.2 Å². The van der Waals surface area contributed by atoms with Crippen LogP contribution in [0.15, 0.2) is 42.5 Å². The monoisotopic (exact) mass is 372 g/mol. The number of carbonyl (C=O) groups excluding carboxylic acids is 1. The quantitative estimate of drug-likeness (QED) is 0.538. The van der Waals surface area contributed by atoms with Gasteiger partial charge in [-0.1, -0.05) is 23.7 Å². The largest absolute Gasteiger partial charge is 0.416 e. The van der Waals surface area contributed by atoms with Crippen molar-refractivity contribution in [1.29, 1.82) is 0 Å². The van der Waals surface area contributed by atoms with E-state index in [1.54, 1.807) is 31.3 Å². The molecule has 1 aromatic heterocycles. The van der Waals surface area contributed by atoms with E-state index in [0.717, 1.165) is 12.1 Å². The molecule has 0 aliphatic heterocycles. The minimum atomic E-state index is -4.49. The maximum absolute atomic E-state index is 13.1. The molecule has 0 spiro atoms. The number of hydrogen-bond acceptors (Lipinski definition) is 2. The molecule has 0 bridgehead atoms. The summed E-state index contributed by atoms with van der Waals surface area (Å²) in [6.07, 6.45) is -4.49. The lowest BCUT2D eigenvalue weighted by Crippen LogP contribution is -2.14. The number of hydrogen-bond donors (Lipinski definition) is 0. The van der Waals surface area contributed by atoms with E-state index < -0.39 is 17.6 Å². The highest BCUT2D eigenvalue weighted by Gasteiger charge is 2.31. The normalized spacial score (nSPS) is 11.9. The summed E-state index contributed by atoms with van der Waals surface area (Å²) in [4.78, 5) is 12.4. The summed E-state index contributed by atoms with van der Waals surface area (Å²) >= 11 is 6.96. The summed E-state index contributed by atoms with van der Waals surface area (Å²) in [6, 6.07) is 10.4. The Morgan fingerprint density at radius 1 is 1.12 bits per heavy atom. The van der Waals surface area contributed by atoms with Crippen LogP contribution in [0.5, 0.6) is 0 Å². The van der Waals surface area contributed by atoms with E-state index in [9.17, 15) is 18.0 Å². The van der Waals surface area contributed by atoms with Crippen molar-refractivity contribution in [3.05, 3.63) is 48.0 Å². The number of nitrogens with zero attached hydrogens (tertiary/aromatic N) is 2. The minimum Gasteiger partial charge on any atom is -0.298 e. The number of para-hydroxylation sites is 2. The molecule has 0 amide bonds. The molecular weight excluding hydrogens is 361 g/mol. The third kappa shape index (κ3) is 2.89. The van der Waals surface area contributed by atoms with Crippen molar-refractivity contribution in [3.63, 3.8) is 0 Å². The van der Waals surface area contributed by atoms with Gasteiger partial charge in [-0.15, -0.1) is 11.6 Å². The van der Waals surface area contributed by atoms with E-state index in [1.807, 2.05) is 3.96 Å². The zero-order valence-corrected chi connectivity index (χ0v) is 14.0. The van der Waals surface area contributed by atoms with Gasteiger partial charge in [-0.3, -0.25) is 13.3 Å². The molecule has 3 nitrogen and oxygen atoms in total. The Bertz CT molecular complexity index is 982. The minimum absolute atomic E-state index is 0.178. The highest BCUT2D eigenvalue weighted by atomic mass is 35.5. The highest BCUT2D eigenvalue weighted by Crippen LogP contribution is 2.33.